The number of esters is 1. The molecule has 4 rings (SSSR count). The van der Waals surface area contributed by atoms with Crippen molar-refractivity contribution in [3.8, 4) is 10.6 Å². The zero-order valence-corrected chi connectivity index (χ0v) is 22.2. The fourth-order valence-corrected chi connectivity index (χ4v) is 7.44. The molecule has 0 spiro atoms. The van der Waals surface area contributed by atoms with E-state index in [-0.39, 0.29) is 47.6 Å². The molecule has 0 radical (unpaired) electrons. The van der Waals surface area contributed by atoms with Crippen molar-refractivity contribution in [2.24, 2.45) is 0 Å². The molecule has 0 aliphatic carbocycles. The minimum Gasteiger partial charge on any atom is -0.459 e. The van der Waals surface area contributed by atoms with Gasteiger partial charge in [0.2, 0.25) is 0 Å². The summed E-state index contributed by atoms with van der Waals surface area (Å²) in [5.74, 6) is -0.791. The summed E-state index contributed by atoms with van der Waals surface area (Å²) in [6.45, 7) is 5.29. The van der Waals surface area contributed by atoms with E-state index in [0.717, 1.165) is 0 Å². The van der Waals surface area contributed by atoms with Gasteiger partial charge in [0.15, 0.2) is 14.6 Å². The van der Waals surface area contributed by atoms with E-state index < -0.39 is 31.7 Å². The quantitative estimate of drug-likeness (QED) is 0.270. The van der Waals surface area contributed by atoms with Crippen molar-refractivity contribution in [3.63, 3.8) is 0 Å². The summed E-state index contributed by atoms with van der Waals surface area (Å²) in [5.41, 5.74) is -4.08. The van der Waals surface area contributed by atoms with E-state index in [0.29, 0.717) is 20.8 Å². The highest BCUT2D eigenvalue weighted by molar-refractivity contribution is 8.00. The zero-order valence-electron chi connectivity index (χ0n) is 19.7. The van der Waals surface area contributed by atoms with Gasteiger partial charge in [-0.3, -0.25) is 4.79 Å². The predicted molar refractivity (Wildman–Crippen MR) is 133 cm³/mol. The molecule has 0 amide bonds. The summed E-state index contributed by atoms with van der Waals surface area (Å²) < 4.78 is 75.2. The SMILES string of the molecule is CC(C)(C)OC(=O)C1(S(=O)(=O)c2ccc3nc(-c4ccc(SC(F)(F)F)cc4)sc3c2)CCOCC1. The van der Waals surface area contributed by atoms with Crippen LogP contribution in [0.25, 0.3) is 20.8 Å². The van der Waals surface area contributed by atoms with Crippen LogP contribution in [0.1, 0.15) is 33.6 Å². The highest BCUT2D eigenvalue weighted by atomic mass is 32.2. The molecule has 2 aromatic carbocycles. The number of carbonyl (C=O) groups is 1. The molecule has 1 aliphatic rings. The van der Waals surface area contributed by atoms with Crippen molar-refractivity contribution < 1.29 is 35.9 Å². The maximum Gasteiger partial charge on any atom is 0.446 e. The molecule has 12 heteroatoms. The molecule has 1 saturated heterocycles. The number of ether oxygens (including phenoxy) is 2. The number of hydrogen-bond donors (Lipinski definition) is 0. The summed E-state index contributed by atoms with van der Waals surface area (Å²) in [4.78, 5) is 17.7. The minimum absolute atomic E-state index is 0.0154. The first-order valence-electron chi connectivity index (χ1n) is 11.0. The van der Waals surface area contributed by atoms with Crippen molar-refractivity contribution in [2.75, 3.05) is 13.2 Å². The van der Waals surface area contributed by atoms with Crippen molar-refractivity contribution in [1.29, 1.82) is 0 Å². The molecule has 1 fully saturated rings. The number of aromatic nitrogens is 1. The van der Waals surface area contributed by atoms with Crippen molar-refractivity contribution in [3.05, 3.63) is 42.5 Å². The van der Waals surface area contributed by atoms with Crippen molar-refractivity contribution >= 4 is 49.1 Å². The van der Waals surface area contributed by atoms with Gasteiger partial charge >= 0.3 is 11.5 Å². The largest absolute Gasteiger partial charge is 0.459 e. The van der Waals surface area contributed by atoms with Crippen LogP contribution < -0.4 is 0 Å². The molecular formula is C24H24F3NO5S3. The molecule has 0 unspecified atom stereocenters. The molecule has 1 aliphatic heterocycles. The first kappa shape index (κ1) is 26.9. The number of rotatable bonds is 5. The monoisotopic (exact) mass is 559 g/mol. The Balaban J connectivity index is 1.69. The van der Waals surface area contributed by atoms with Gasteiger partial charge < -0.3 is 9.47 Å². The Bertz CT molecular complexity index is 1370. The average molecular weight is 560 g/mol. The van der Waals surface area contributed by atoms with Crippen LogP contribution in [-0.2, 0) is 24.1 Å². The summed E-state index contributed by atoms with van der Waals surface area (Å²) in [6, 6.07) is 10.3. The molecule has 36 heavy (non-hydrogen) atoms. The van der Waals surface area contributed by atoms with Crippen LogP contribution >= 0.6 is 23.1 Å². The van der Waals surface area contributed by atoms with Crippen LogP contribution in [0.15, 0.2) is 52.3 Å². The Morgan fingerprint density at radius 3 is 2.31 bits per heavy atom. The molecule has 3 aromatic rings. The summed E-state index contributed by atoms with van der Waals surface area (Å²) in [6.07, 6.45) is -0.0307. The normalized spacial score (nSPS) is 16.7. The number of carbonyl (C=O) groups excluding carboxylic acids is 1. The molecule has 6 nitrogen and oxygen atoms in total. The number of thioether (sulfide) groups is 1. The predicted octanol–water partition coefficient (Wildman–Crippen LogP) is 6.24. The fourth-order valence-electron chi connectivity index (χ4n) is 3.88. The Morgan fingerprint density at radius 1 is 1.08 bits per heavy atom. The molecule has 194 valence electrons. The van der Waals surface area contributed by atoms with Gasteiger partial charge in [-0.05, 0) is 62.9 Å². The second-order valence-electron chi connectivity index (χ2n) is 9.33. The maximum atomic E-state index is 13.8. The van der Waals surface area contributed by atoms with E-state index in [9.17, 15) is 26.4 Å². The number of thiazole rings is 1. The lowest BCUT2D eigenvalue weighted by Crippen LogP contribution is -2.53. The van der Waals surface area contributed by atoms with Gasteiger partial charge in [0.1, 0.15) is 10.6 Å². The average Bonchev–Trinajstić information content (AvgIpc) is 3.21. The Morgan fingerprint density at radius 2 is 1.72 bits per heavy atom. The van der Waals surface area contributed by atoms with Crippen LogP contribution in [0.5, 0.6) is 0 Å². The van der Waals surface area contributed by atoms with Gasteiger partial charge in [0.25, 0.3) is 0 Å². The highest BCUT2D eigenvalue weighted by Gasteiger charge is 2.54. The number of hydrogen-bond acceptors (Lipinski definition) is 8. The molecule has 2 heterocycles. The second-order valence-corrected chi connectivity index (χ2v) is 13.8. The number of nitrogens with zero attached hydrogens (tertiary/aromatic N) is 1. The van der Waals surface area contributed by atoms with Crippen LogP contribution in [0.4, 0.5) is 13.2 Å². The van der Waals surface area contributed by atoms with E-state index in [1.54, 1.807) is 39.0 Å². The minimum atomic E-state index is -4.37. The highest BCUT2D eigenvalue weighted by Crippen LogP contribution is 2.41. The molecule has 1 aromatic heterocycles. The van der Waals surface area contributed by atoms with E-state index >= 15 is 0 Å². The van der Waals surface area contributed by atoms with Gasteiger partial charge in [-0.15, -0.1) is 11.3 Å². The lowest BCUT2D eigenvalue weighted by Gasteiger charge is -2.36. The fraction of sp³-hybridized carbons (Fsp3) is 0.417. The third kappa shape index (κ3) is 5.56. The summed E-state index contributed by atoms with van der Waals surface area (Å²) in [7, 11) is -4.15. The lowest BCUT2D eigenvalue weighted by molar-refractivity contribution is -0.160. The first-order chi connectivity index (χ1) is 16.7. The Labute approximate surface area is 215 Å². The molecule has 0 N–H and O–H groups in total. The number of fused-ring (bicyclic) bond motifs is 1. The van der Waals surface area contributed by atoms with E-state index in [4.69, 9.17) is 9.47 Å². The van der Waals surface area contributed by atoms with Gasteiger partial charge in [-0.2, -0.15) is 13.2 Å². The topological polar surface area (TPSA) is 82.6 Å². The van der Waals surface area contributed by atoms with Gasteiger partial charge in [-0.1, -0.05) is 12.1 Å². The summed E-state index contributed by atoms with van der Waals surface area (Å²) in [5, 5.41) is 0.538. The molecule has 0 saturated carbocycles. The molecule has 0 atom stereocenters. The number of benzene rings is 2. The lowest BCUT2D eigenvalue weighted by atomic mass is 9.99. The maximum absolute atomic E-state index is 13.8. The third-order valence-corrected chi connectivity index (χ3v) is 9.88. The number of halogens is 3. The van der Waals surface area contributed by atoms with Crippen molar-refractivity contribution in [1.82, 2.24) is 4.98 Å². The standard InChI is InChI=1S/C24H24F3NO5S3/c1-22(2,3)33-21(29)23(10-12-32-13-11-23)36(30,31)17-8-9-18-19(14-17)34-20(28-18)15-4-6-16(7-5-15)35-24(25,26)27/h4-9,14H,10-13H2,1-3H3. The number of alkyl halides is 3. The van der Waals surface area contributed by atoms with Crippen LogP contribution in [0.3, 0.4) is 0 Å². The third-order valence-electron chi connectivity index (χ3n) is 5.59. The van der Waals surface area contributed by atoms with E-state index in [2.05, 4.69) is 4.98 Å². The summed E-state index contributed by atoms with van der Waals surface area (Å²) >= 11 is 1.02. The van der Waals surface area contributed by atoms with E-state index in [1.807, 2.05) is 0 Å². The van der Waals surface area contributed by atoms with Crippen LogP contribution in [-0.4, -0.2) is 48.4 Å². The number of sulfone groups is 1. The van der Waals surface area contributed by atoms with Crippen LogP contribution in [0.2, 0.25) is 0 Å². The first-order valence-corrected chi connectivity index (χ1v) is 14.1. The molecular weight excluding hydrogens is 535 g/mol. The smallest absolute Gasteiger partial charge is 0.446 e. The van der Waals surface area contributed by atoms with Gasteiger partial charge in [0.05, 0.1) is 15.1 Å². The van der Waals surface area contributed by atoms with E-state index in [1.165, 1.54) is 35.6 Å². The molecule has 0 bridgehead atoms. The van der Waals surface area contributed by atoms with Gasteiger partial charge in [0, 0.05) is 36.5 Å². The zero-order chi connectivity index (χ0) is 26.4. The van der Waals surface area contributed by atoms with Gasteiger partial charge in [-0.25, -0.2) is 13.4 Å². The van der Waals surface area contributed by atoms with Crippen molar-refractivity contribution in [2.45, 2.75) is 59.3 Å². The Hall–Kier alpha value is -2.15. The van der Waals surface area contributed by atoms with Crippen LogP contribution in [0, 0.1) is 0 Å². The Kier molecular flexibility index (Phi) is 7.19. The second kappa shape index (κ2) is 9.62.